The number of hydrogen-bond acceptors (Lipinski definition) is 7. The summed E-state index contributed by atoms with van der Waals surface area (Å²) in [7, 11) is -4.97. The van der Waals surface area contributed by atoms with Crippen LogP contribution in [0.15, 0.2) is 113 Å². The lowest BCUT2D eigenvalue weighted by Crippen LogP contribution is -2.38. The average molecular weight is 582 g/mol. The number of rotatable bonds is 11. The first-order chi connectivity index (χ1) is 19.1. The maximum atomic E-state index is 13.5. The number of ether oxygens (including phenoxy) is 2. The summed E-state index contributed by atoms with van der Waals surface area (Å²) in [5, 5.41) is 2.63. The minimum Gasteiger partial charge on any atom is -0.497 e. The van der Waals surface area contributed by atoms with Crippen LogP contribution < -0.4 is 23.8 Å². The van der Waals surface area contributed by atoms with Crippen LogP contribution in [0.25, 0.3) is 0 Å². The lowest BCUT2D eigenvalue weighted by molar-refractivity contribution is -0.114. The second kappa shape index (κ2) is 12.1. The minimum atomic E-state index is -4.09. The van der Waals surface area contributed by atoms with Crippen LogP contribution in [0.3, 0.4) is 0 Å². The number of benzene rings is 4. The van der Waals surface area contributed by atoms with Crippen molar-refractivity contribution >= 4 is 43.0 Å². The molecule has 2 N–H and O–H groups in total. The standard InChI is InChI=1S/C28H27N3O7S2/c1-37-24-14-8-22(9-15-24)30-39(33,34)26-18-10-21(11-19-26)29-28(32)20-31(23-12-16-25(38-2)17-13-23)40(35,36)27-6-4-3-5-7-27/h3-19,30H,20H2,1-2H3,(H,29,32). The van der Waals surface area contributed by atoms with E-state index in [1.54, 1.807) is 66.7 Å². The molecule has 0 aliphatic carbocycles. The first-order valence-electron chi connectivity index (χ1n) is 11.9. The van der Waals surface area contributed by atoms with Gasteiger partial charge in [-0.2, -0.15) is 0 Å². The molecule has 0 radical (unpaired) electrons. The molecule has 0 unspecified atom stereocenters. The molecule has 208 valence electrons. The summed E-state index contributed by atoms with van der Waals surface area (Å²) < 4.78 is 66.1. The van der Waals surface area contributed by atoms with E-state index in [1.807, 2.05) is 0 Å². The summed E-state index contributed by atoms with van der Waals surface area (Å²) in [5.74, 6) is 0.495. The smallest absolute Gasteiger partial charge is 0.264 e. The Bertz CT molecular complexity index is 1660. The molecule has 0 saturated carbocycles. The van der Waals surface area contributed by atoms with E-state index in [0.29, 0.717) is 22.9 Å². The van der Waals surface area contributed by atoms with Crippen LogP contribution in [-0.4, -0.2) is 43.5 Å². The van der Waals surface area contributed by atoms with Gasteiger partial charge in [0.25, 0.3) is 20.0 Å². The summed E-state index contributed by atoms with van der Waals surface area (Å²) in [4.78, 5) is 13.0. The third-order valence-corrected chi connectivity index (χ3v) is 8.95. The molecule has 0 saturated heterocycles. The summed E-state index contributed by atoms with van der Waals surface area (Å²) in [6.45, 7) is -0.525. The van der Waals surface area contributed by atoms with Gasteiger partial charge in [-0.25, -0.2) is 16.8 Å². The van der Waals surface area contributed by atoms with Crippen LogP contribution in [-0.2, 0) is 24.8 Å². The molecule has 4 rings (SSSR count). The van der Waals surface area contributed by atoms with Crippen molar-refractivity contribution in [3.05, 3.63) is 103 Å². The van der Waals surface area contributed by atoms with Gasteiger partial charge in [-0.05, 0) is 84.9 Å². The largest absolute Gasteiger partial charge is 0.497 e. The van der Waals surface area contributed by atoms with Gasteiger partial charge in [0.05, 0.1) is 29.7 Å². The molecule has 4 aromatic rings. The van der Waals surface area contributed by atoms with Crippen LogP contribution in [0.2, 0.25) is 0 Å². The summed E-state index contributed by atoms with van der Waals surface area (Å²) >= 11 is 0. The second-order valence-corrected chi connectivity index (χ2v) is 12.0. The van der Waals surface area contributed by atoms with Crippen LogP contribution >= 0.6 is 0 Å². The zero-order chi connectivity index (χ0) is 28.8. The van der Waals surface area contributed by atoms with Crippen molar-refractivity contribution in [2.45, 2.75) is 9.79 Å². The van der Waals surface area contributed by atoms with Crippen LogP contribution in [0.1, 0.15) is 0 Å². The van der Waals surface area contributed by atoms with Crippen LogP contribution in [0.5, 0.6) is 11.5 Å². The van der Waals surface area contributed by atoms with Gasteiger partial charge >= 0.3 is 0 Å². The van der Waals surface area contributed by atoms with Crippen molar-refractivity contribution in [2.24, 2.45) is 0 Å². The number of amides is 1. The molecule has 40 heavy (non-hydrogen) atoms. The highest BCUT2D eigenvalue weighted by atomic mass is 32.2. The average Bonchev–Trinajstić information content (AvgIpc) is 2.97. The predicted octanol–water partition coefficient (Wildman–Crippen LogP) is 4.34. The van der Waals surface area contributed by atoms with E-state index in [-0.39, 0.29) is 15.5 Å². The van der Waals surface area contributed by atoms with Gasteiger partial charge in [-0.15, -0.1) is 0 Å². The Morgan fingerprint density at radius 3 is 1.75 bits per heavy atom. The Kier molecular flexibility index (Phi) is 8.61. The van der Waals surface area contributed by atoms with Crippen molar-refractivity contribution in [3.63, 3.8) is 0 Å². The van der Waals surface area contributed by atoms with E-state index < -0.39 is 32.5 Å². The van der Waals surface area contributed by atoms with E-state index in [2.05, 4.69) is 10.0 Å². The van der Waals surface area contributed by atoms with E-state index >= 15 is 0 Å². The van der Waals surface area contributed by atoms with Gasteiger partial charge in [0.1, 0.15) is 18.0 Å². The molecule has 1 amide bonds. The highest BCUT2D eigenvalue weighted by Gasteiger charge is 2.27. The molecule has 0 aliphatic rings. The molecule has 0 heterocycles. The maximum Gasteiger partial charge on any atom is 0.264 e. The fraction of sp³-hybridized carbons (Fsp3) is 0.107. The molecule has 0 aromatic heterocycles. The molecule has 0 bridgehead atoms. The van der Waals surface area contributed by atoms with Crippen LogP contribution in [0.4, 0.5) is 17.1 Å². The van der Waals surface area contributed by atoms with Gasteiger partial charge in [-0.3, -0.25) is 13.8 Å². The number of carbonyl (C=O) groups excluding carboxylic acids is 1. The number of nitrogens with one attached hydrogen (secondary N) is 2. The van der Waals surface area contributed by atoms with Crippen molar-refractivity contribution in [1.82, 2.24) is 0 Å². The third kappa shape index (κ3) is 6.71. The molecule has 10 nitrogen and oxygen atoms in total. The number of anilines is 3. The monoisotopic (exact) mass is 581 g/mol. The Labute approximate surface area is 233 Å². The Balaban J connectivity index is 1.50. The Morgan fingerprint density at radius 1 is 0.675 bits per heavy atom. The van der Waals surface area contributed by atoms with Crippen molar-refractivity contribution in [1.29, 1.82) is 0 Å². The summed E-state index contributed by atoms with van der Waals surface area (Å²) in [6.07, 6.45) is 0. The molecule has 0 atom stereocenters. The summed E-state index contributed by atoms with van der Waals surface area (Å²) in [6, 6.07) is 26.0. The first kappa shape index (κ1) is 28.5. The zero-order valence-corrected chi connectivity index (χ0v) is 23.3. The van der Waals surface area contributed by atoms with E-state index in [1.165, 1.54) is 50.6 Å². The maximum absolute atomic E-state index is 13.5. The lowest BCUT2D eigenvalue weighted by Gasteiger charge is -2.24. The highest BCUT2D eigenvalue weighted by molar-refractivity contribution is 7.93. The van der Waals surface area contributed by atoms with Gasteiger partial charge < -0.3 is 14.8 Å². The Morgan fingerprint density at radius 2 is 1.20 bits per heavy atom. The quantitative estimate of drug-likeness (QED) is 0.269. The lowest BCUT2D eigenvalue weighted by atomic mass is 10.3. The van der Waals surface area contributed by atoms with Gasteiger partial charge in [0, 0.05) is 11.4 Å². The molecule has 0 aliphatic heterocycles. The molecule has 0 spiro atoms. The van der Waals surface area contributed by atoms with E-state index in [4.69, 9.17) is 9.47 Å². The molecule has 12 heteroatoms. The number of hydrogen-bond donors (Lipinski definition) is 2. The third-order valence-electron chi connectivity index (χ3n) is 5.77. The van der Waals surface area contributed by atoms with E-state index in [0.717, 1.165) is 4.31 Å². The fourth-order valence-electron chi connectivity index (χ4n) is 3.70. The topological polar surface area (TPSA) is 131 Å². The van der Waals surface area contributed by atoms with Gasteiger partial charge in [0.2, 0.25) is 5.91 Å². The Hall–Kier alpha value is -4.55. The number of nitrogens with zero attached hydrogens (tertiary/aromatic N) is 1. The van der Waals surface area contributed by atoms with Gasteiger partial charge in [-0.1, -0.05) is 18.2 Å². The van der Waals surface area contributed by atoms with Gasteiger partial charge in [0.15, 0.2) is 0 Å². The fourth-order valence-corrected chi connectivity index (χ4v) is 6.21. The second-order valence-electron chi connectivity index (χ2n) is 8.43. The SMILES string of the molecule is COc1ccc(NS(=O)(=O)c2ccc(NC(=O)CN(c3ccc(OC)cc3)S(=O)(=O)c3ccccc3)cc2)cc1. The van der Waals surface area contributed by atoms with E-state index in [9.17, 15) is 21.6 Å². The molecular formula is C28H27N3O7S2. The number of methoxy groups -OCH3 is 2. The highest BCUT2D eigenvalue weighted by Crippen LogP contribution is 2.26. The minimum absolute atomic E-state index is 0.0205. The van der Waals surface area contributed by atoms with Crippen LogP contribution in [0, 0.1) is 0 Å². The van der Waals surface area contributed by atoms with Crippen molar-refractivity contribution < 1.29 is 31.1 Å². The first-order valence-corrected chi connectivity index (χ1v) is 14.8. The molecule has 4 aromatic carbocycles. The zero-order valence-electron chi connectivity index (χ0n) is 21.6. The van der Waals surface area contributed by atoms with Crippen molar-refractivity contribution in [3.8, 4) is 11.5 Å². The summed E-state index contributed by atoms with van der Waals surface area (Å²) in [5.41, 5.74) is 0.919. The number of carbonyl (C=O) groups is 1. The normalized spacial score (nSPS) is 11.3. The number of sulfonamides is 2. The van der Waals surface area contributed by atoms with Crippen molar-refractivity contribution in [2.75, 3.05) is 35.1 Å². The molecule has 0 fully saturated rings. The molecular weight excluding hydrogens is 554 g/mol. The predicted molar refractivity (Wildman–Crippen MR) is 153 cm³/mol.